The maximum Gasteiger partial charge on any atom is 0.213 e. The minimum absolute atomic E-state index is 0.435. The highest BCUT2D eigenvalue weighted by atomic mass is 79.9. The van der Waals surface area contributed by atoms with Crippen molar-refractivity contribution in [2.24, 2.45) is 0 Å². The van der Waals surface area contributed by atoms with Crippen molar-refractivity contribution in [1.29, 1.82) is 0 Å². The van der Waals surface area contributed by atoms with Crippen LogP contribution in [0.2, 0.25) is 0 Å². The van der Waals surface area contributed by atoms with Crippen LogP contribution in [0.4, 0.5) is 4.39 Å². The molecule has 0 aliphatic rings. The van der Waals surface area contributed by atoms with Crippen LogP contribution in [0.5, 0.6) is 0 Å². The molecule has 0 N–H and O–H groups in total. The van der Waals surface area contributed by atoms with Gasteiger partial charge >= 0.3 is 0 Å². The maximum atomic E-state index is 12.6. The van der Waals surface area contributed by atoms with Gasteiger partial charge in [0.25, 0.3) is 0 Å². The fraction of sp³-hybridized carbons (Fsp3) is 0.222. The predicted octanol–water partition coefficient (Wildman–Crippen LogP) is 2.94. The third-order valence-corrected chi connectivity index (χ3v) is 1.87. The van der Waals surface area contributed by atoms with E-state index in [1.54, 1.807) is 0 Å². The van der Waals surface area contributed by atoms with E-state index < -0.39 is 5.95 Å². The van der Waals surface area contributed by atoms with Gasteiger partial charge in [-0.25, -0.2) is 4.98 Å². The first-order valence-electron chi connectivity index (χ1n) is 3.58. The van der Waals surface area contributed by atoms with Crippen LogP contribution in [-0.2, 0) is 0 Å². The molecular formula is C9H9BrFN. The molecule has 0 bridgehead atoms. The van der Waals surface area contributed by atoms with Gasteiger partial charge in [0.2, 0.25) is 5.95 Å². The quantitative estimate of drug-likeness (QED) is 0.562. The Morgan fingerprint density at radius 3 is 3.08 bits per heavy atom. The summed E-state index contributed by atoms with van der Waals surface area (Å²) in [6, 6.07) is 1.43. The standard InChI is InChI=1S/C9H9BrFN/c1-7-6-12-9(11)5-8(7)3-2-4-10/h2-3,5-6H,4H2,1H3. The van der Waals surface area contributed by atoms with Crippen LogP contribution in [-0.4, -0.2) is 10.3 Å². The lowest BCUT2D eigenvalue weighted by Crippen LogP contribution is -1.87. The first-order valence-corrected chi connectivity index (χ1v) is 4.71. The zero-order chi connectivity index (χ0) is 8.97. The number of alkyl halides is 1. The normalized spacial score (nSPS) is 10.9. The summed E-state index contributed by atoms with van der Waals surface area (Å²) in [5.74, 6) is -0.435. The number of hydrogen-bond donors (Lipinski definition) is 0. The van der Waals surface area contributed by atoms with E-state index in [0.29, 0.717) is 0 Å². The molecule has 0 radical (unpaired) electrons. The molecule has 0 saturated carbocycles. The number of hydrogen-bond acceptors (Lipinski definition) is 1. The highest BCUT2D eigenvalue weighted by Gasteiger charge is 1.96. The minimum Gasteiger partial charge on any atom is -0.228 e. The molecule has 0 spiro atoms. The van der Waals surface area contributed by atoms with Crippen LogP contribution in [0.3, 0.4) is 0 Å². The van der Waals surface area contributed by atoms with Gasteiger partial charge in [-0.15, -0.1) is 0 Å². The van der Waals surface area contributed by atoms with Crippen molar-refractivity contribution >= 4 is 22.0 Å². The third kappa shape index (κ3) is 2.41. The summed E-state index contributed by atoms with van der Waals surface area (Å²) in [5, 5.41) is 0.774. The summed E-state index contributed by atoms with van der Waals surface area (Å²) < 4.78 is 12.6. The van der Waals surface area contributed by atoms with Gasteiger partial charge in [0.05, 0.1) is 0 Å². The Hall–Kier alpha value is -0.700. The third-order valence-electron chi connectivity index (χ3n) is 1.50. The van der Waals surface area contributed by atoms with Crippen molar-refractivity contribution in [2.45, 2.75) is 6.92 Å². The van der Waals surface area contributed by atoms with Gasteiger partial charge in [-0.3, -0.25) is 0 Å². The Labute approximate surface area is 79.5 Å². The van der Waals surface area contributed by atoms with Crippen LogP contribution in [0.15, 0.2) is 18.3 Å². The number of allylic oxidation sites excluding steroid dienone is 1. The lowest BCUT2D eigenvalue weighted by molar-refractivity contribution is 0.582. The Morgan fingerprint density at radius 2 is 2.42 bits per heavy atom. The number of halogens is 2. The van der Waals surface area contributed by atoms with Crippen LogP contribution in [0.25, 0.3) is 6.08 Å². The molecule has 0 unspecified atom stereocenters. The van der Waals surface area contributed by atoms with E-state index in [0.717, 1.165) is 16.5 Å². The second-order valence-electron chi connectivity index (χ2n) is 2.42. The molecule has 0 atom stereocenters. The maximum absolute atomic E-state index is 12.6. The lowest BCUT2D eigenvalue weighted by atomic mass is 10.1. The van der Waals surface area contributed by atoms with E-state index in [4.69, 9.17) is 0 Å². The van der Waals surface area contributed by atoms with E-state index in [-0.39, 0.29) is 0 Å². The molecule has 1 heterocycles. The van der Waals surface area contributed by atoms with Crippen LogP contribution >= 0.6 is 15.9 Å². The molecule has 0 amide bonds. The van der Waals surface area contributed by atoms with E-state index in [2.05, 4.69) is 20.9 Å². The van der Waals surface area contributed by atoms with Gasteiger partial charge in [0, 0.05) is 17.6 Å². The Bertz CT molecular complexity index is 297. The highest BCUT2D eigenvalue weighted by molar-refractivity contribution is 9.09. The monoisotopic (exact) mass is 229 g/mol. The van der Waals surface area contributed by atoms with Crippen molar-refractivity contribution in [1.82, 2.24) is 4.98 Å². The molecule has 0 saturated heterocycles. The number of aryl methyl sites for hydroxylation is 1. The second kappa shape index (κ2) is 4.36. The molecular weight excluding hydrogens is 221 g/mol. The first kappa shape index (κ1) is 9.39. The predicted molar refractivity (Wildman–Crippen MR) is 51.8 cm³/mol. The van der Waals surface area contributed by atoms with Gasteiger partial charge in [-0.1, -0.05) is 28.1 Å². The second-order valence-corrected chi connectivity index (χ2v) is 3.07. The molecule has 0 aliphatic heterocycles. The summed E-state index contributed by atoms with van der Waals surface area (Å²) in [5.41, 5.74) is 1.86. The molecule has 1 nitrogen and oxygen atoms in total. The van der Waals surface area contributed by atoms with Gasteiger partial charge < -0.3 is 0 Å². The van der Waals surface area contributed by atoms with Gasteiger partial charge in [-0.05, 0) is 18.1 Å². The smallest absolute Gasteiger partial charge is 0.213 e. The fourth-order valence-corrected chi connectivity index (χ4v) is 1.05. The average molecular weight is 230 g/mol. The van der Waals surface area contributed by atoms with Crippen LogP contribution in [0, 0.1) is 12.9 Å². The largest absolute Gasteiger partial charge is 0.228 e. The highest BCUT2D eigenvalue weighted by Crippen LogP contribution is 2.09. The van der Waals surface area contributed by atoms with E-state index in [1.807, 2.05) is 19.1 Å². The molecule has 0 aliphatic carbocycles. The summed E-state index contributed by atoms with van der Waals surface area (Å²) in [6.07, 6.45) is 5.32. The molecule has 64 valence electrons. The zero-order valence-corrected chi connectivity index (χ0v) is 8.31. The molecule has 3 heteroatoms. The summed E-state index contributed by atoms with van der Waals surface area (Å²) in [7, 11) is 0. The summed E-state index contributed by atoms with van der Waals surface area (Å²) >= 11 is 3.25. The van der Waals surface area contributed by atoms with E-state index in [1.165, 1.54) is 12.3 Å². The summed E-state index contributed by atoms with van der Waals surface area (Å²) in [4.78, 5) is 3.54. The van der Waals surface area contributed by atoms with Gasteiger partial charge in [0.1, 0.15) is 0 Å². The minimum atomic E-state index is -0.435. The van der Waals surface area contributed by atoms with Crippen molar-refractivity contribution in [3.63, 3.8) is 0 Å². The SMILES string of the molecule is Cc1cnc(F)cc1C=CCBr. The van der Waals surface area contributed by atoms with E-state index in [9.17, 15) is 4.39 Å². The van der Waals surface area contributed by atoms with E-state index >= 15 is 0 Å². The van der Waals surface area contributed by atoms with Gasteiger partial charge in [0.15, 0.2) is 0 Å². The van der Waals surface area contributed by atoms with Gasteiger partial charge in [-0.2, -0.15) is 4.39 Å². The van der Waals surface area contributed by atoms with Crippen molar-refractivity contribution in [2.75, 3.05) is 5.33 Å². The molecule has 12 heavy (non-hydrogen) atoms. The average Bonchev–Trinajstić information content (AvgIpc) is 2.07. The topological polar surface area (TPSA) is 12.9 Å². The molecule has 1 rings (SSSR count). The van der Waals surface area contributed by atoms with Crippen LogP contribution < -0.4 is 0 Å². The first-order chi connectivity index (χ1) is 5.74. The molecule has 1 aromatic heterocycles. The number of aromatic nitrogens is 1. The molecule has 1 aromatic rings. The van der Waals surface area contributed by atoms with Crippen molar-refractivity contribution in [3.8, 4) is 0 Å². The Kier molecular flexibility index (Phi) is 3.41. The van der Waals surface area contributed by atoms with Crippen molar-refractivity contribution < 1.29 is 4.39 Å². The Morgan fingerprint density at radius 1 is 1.67 bits per heavy atom. The van der Waals surface area contributed by atoms with Crippen molar-refractivity contribution in [3.05, 3.63) is 35.4 Å². The number of rotatable bonds is 2. The zero-order valence-electron chi connectivity index (χ0n) is 6.72. The lowest BCUT2D eigenvalue weighted by Gasteiger charge is -1.97. The molecule has 0 aromatic carbocycles. The number of pyridine rings is 1. The fourth-order valence-electron chi connectivity index (χ4n) is 0.864. The van der Waals surface area contributed by atoms with Crippen LogP contribution in [0.1, 0.15) is 11.1 Å². The Balaban J connectivity index is 2.97. The number of nitrogens with zero attached hydrogens (tertiary/aromatic N) is 1. The summed E-state index contributed by atoms with van der Waals surface area (Å²) in [6.45, 7) is 1.90. The molecule has 0 fully saturated rings.